The summed E-state index contributed by atoms with van der Waals surface area (Å²) in [6.45, 7) is 4.28. The molecule has 1 unspecified atom stereocenters. The zero-order valence-electron chi connectivity index (χ0n) is 11.6. The standard InChI is InChI=1S/C14H21N3O3/c18-14(15-9-11-4-3-7-19-11)13-8-12(20-16-13)10-17-5-1-2-6-17/h8,11H,1-7,9-10H2,(H,15,18). The van der Waals surface area contributed by atoms with Crippen LogP contribution in [-0.2, 0) is 11.3 Å². The van der Waals surface area contributed by atoms with Crippen molar-refractivity contribution in [2.24, 2.45) is 0 Å². The fourth-order valence-electron chi connectivity index (χ4n) is 2.76. The topological polar surface area (TPSA) is 67.6 Å². The summed E-state index contributed by atoms with van der Waals surface area (Å²) in [5.74, 6) is 0.575. The molecule has 0 aromatic carbocycles. The summed E-state index contributed by atoms with van der Waals surface area (Å²) in [4.78, 5) is 14.3. The molecule has 0 bridgehead atoms. The van der Waals surface area contributed by atoms with Crippen LogP contribution in [0.25, 0.3) is 0 Å². The van der Waals surface area contributed by atoms with Gasteiger partial charge in [-0.15, -0.1) is 0 Å². The quantitative estimate of drug-likeness (QED) is 0.876. The van der Waals surface area contributed by atoms with Gasteiger partial charge in [0.2, 0.25) is 0 Å². The third-order valence-corrected chi connectivity index (χ3v) is 3.88. The molecule has 3 rings (SSSR count). The van der Waals surface area contributed by atoms with Crippen LogP contribution in [-0.4, -0.2) is 48.3 Å². The van der Waals surface area contributed by atoms with E-state index in [0.717, 1.165) is 44.8 Å². The zero-order valence-corrected chi connectivity index (χ0v) is 11.6. The predicted molar refractivity (Wildman–Crippen MR) is 72.3 cm³/mol. The molecule has 2 aliphatic rings. The van der Waals surface area contributed by atoms with Gasteiger partial charge >= 0.3 is 0 Å². The normalized spacial score (nSPS) is 23.3. The average Bonchev–Trinajstić information content (AvgIpc) is 3.19. The highest BCUT2D eigenvalue weighted by molar-refractivity contribution is 5.92. The van der Waals surface area contributed by atoms with Crippen LogP contribution in [0.2, 0.25) is 0 Å². The Kier molecular flexibility index (Phi) is 4.32. The second-order valence-corrected chi connectivity index (χ2v) is 5.51. The molecule has 1 amide bonds. The monoisotopic (exact) mass is 279 g/mol. The third kappa shape index (κ3) is 3.37. The van der Waals surface area contributed by atoms with Crippen molar-refractivity contribution in [3.05, 3.63) is 17.5 Å². The summed E-state index contributed by atoms with van der Waals surface area (Å²) in [6.07, 6.45) is 4.71. The molecule has 3 heterocycles. The Balaban J connectivity index is 1.48. The number of nitrogens with zero attached hydrogens (tertiary/aromatic N) is 2. The molecule has 0 spiro atoms. The first-order valence-corrected chi connectivity index (χ1v) is 7.39. The zero-order chi connectivity index (χ0) is 13.8. The number of carbonyl (C=O) groups is 1. The Morgan fingerprint density at radius 2 is 2.25 bits per heavy atom. The van der Waals surface area contributed by atoms with Gasteiger partial charge in [-0.1, -0.05) is 5.16 Å². The fraction of sp³-hybridized carbons (Fsp3) is 0.714. The number of amides is 1. The smallest absolute Gasteiger partial charge is 0.273 e. The van der Waals surface area contributed by atoms with Crippen molar-refractivity contribution in [2.75, 3.05) is 26.2 Å². The maximum absolute atomic E-state index is 11.9. The Morgan fingerprint density at radius 1 is 1.40 bits per heavy atom. The largest absolute Gasteiger partial charge is 0.376 e. The highest BCUT2D eigenvalue weighted by Gasteiger charge is 2.19. The van der Waals surface area contributed by atoms with E-state index in [-0.39, 0.29) is 12.0 Å². The summed E-state index contributed by atoms with van der Waals surface area (Å²) in [7, 11) is 0. The van der Waals surface area contributed by atoms with Crippen molar-refractivity contribution in [3.8, 4) is 0 Å². The molecule has 6 nitrogen and oxygen atoms in total. The van der Waals surface area contributed by atoms with Gasteiger partial charge in [-0.25, -0.2) is 0 Å². The van der Waals surface area contributed by atoms with Crippen molar-refractivity contribution >= 4 is 5.91 Å². The number of rotatable bonds is 5. The molecule has 2 fully saturated rings. The van der Waals surface area contributed by atoms with Crippen LogP contribution in [0.15, 0.2) is 10.6 Å². The lowest BCUT2D eigenvalue weighted by Gasteiger charge is -2.10. The molecule has 2 saturated heterocycles. The molecule has 6 heteroatoms. The first-order valence-electron chi connectivity index (χ1n) is 7.39. The highest BCUT2D eigenvalue weighted by Crippen LogP contribution is 2.14. The number of nitrogens with one attached hydrogen (secondary N) is 1. The van der Waals surface area contributed by atoms with Crippen molar-refractivity contribution in [3.63, 3.8) is 0 Å². The molecule has 1 N–H and O–H groups in total. The van der Waals surface area contributed by atoms with Crippen LogP contribution in [0.3, 0.4) is 0 Å². The Morgan fingerprint density at radius 3 is 3.00 bits per heavy atom. The molecule has 2 aliphatic heterocycles. The van der Waals surface area contributed by atoms with Gasteiger partial charge in [0.25, 0.3) is 5.91 Å². The highest BCUT2D eigenvalue weighted by atomic mass is 16.5. The van der Waals surface area contributed by atoms with Gasteiger partial charge in [0.05, 0.1) is 12.6 Å². The lowest BCUT2D eigenvalue weighted by atomic mass is 10.2. The first kappa shape index (κ1) is 13.6. The number of ether oxygens (including phenoxy) is 1. The molecule has 110 valence electrons. The van der Waals surface area contributed by atoms with Crippen molar-refractivity contribution < 1.29 is 14.1 Å². The fourth-order valence-corrected chi connectivity index (χ4v) is 2.76. The molecule has 1 atom stereocenters. The molecule has 0 aliphatic carbocycles. The van der Waals surface area contributed by atoms with Gasteiger partial charge in [-0.2, -0.15) is 0 Å². The first-order chi connectivity index (χ1) is 9.81. The molecular weight excluding hydrogens is 258 g/mol. The summed E-state index contributed by atoms with van der Waals surface area (Å²) in [5, 5.41) is 6.70. The van der Waals surface area contributed by atoms with Crippen molar-refractivity contribution in [1.29, 1.82) is 0 Å². The maximum atomic E-state index is 11.9. The second kappa shape index (κ2) is 6.37. The lowest BCUT2D eigenvalue weighted by molar-refractivity contribution is 0.0850. The molecule has 20 heavy (non-hydrogen) atoms. The minimum absolute atomic E-state index is 0.148. The predicted octanol–water partition coefficient (Wildman–Crippen LogP) is 1.18. The number of likely N-dealkylation sites (tertiary alicyclic amines) is 1. The summed E-state index contributed by atoms with van der Waals surface area (Å²) >= 11 is 0. The average molecular weight is 279 g/mol. The molecule has 0 radical (unpaired) electrons. The van der Waals surface area contributed by atoms with E-state index in [1.54, 1.807) is 6.07 Å². The van der Waals surface area contributed by atoms with Crippen LogP contribution in [0, 0.1) is 0 Å². The maximum Gasteiger partial charge on any atom is 0.273 e. The number of carbonyl (C=O) groups excluding carboxylic acids is 1. The minimum atomic E-state index is -0.183. The van der Waals surface area contributed by atoms with Crippen LogP contribution >= 0.6 is 0 Å². The van der Waals surface area contributed by atoms with E-state index >= 15 is 0 Å². The minimum Gasteiger partial charge on any atom is -0.376 e. The Labute approximate surface area is 118 Å². The van der Waals surface area contributed by atoms with Gasteiger partial charge in [0.1, 0.15) is 0 Å². The molecular formula is C14H21N3O3. The van der Waals surface area contributed by atoms with Crippen LogP contribution in [0.4, 0.5) is 0 Å². The van der Waals surface area contributed by atoms with E-state index in [1.807, 2.05) is 0 Å². The third-order valence-electron chi connectivity index (χ3n) is 3.88. The molecule has 0 saturated carbocycles. The van der Waals surface area contributed by atoms with Crippen molar-refractivity contribution in [1.82, 2.24) is 15.4 Å². The summed E-state index contributed by atoms with van der Waals surface area (Å²) in [6, 6.07) is 1.74. The van der Waals surface area contributed by atoms with E-state index in [1.165, 1.54) is 12.8 Å². The Hall–Kier alpha value is -1.40. The van der Waals surface area contributed by atoms with E-state index in [2.05, 4.69) is 15.4 Å². The SMILES string of the molecule is O=C(NCC1CCCO1)c1cc(CN2CCCC2)on1. The van der Waals surface area contributed by atoms with Gasteiger partial charge in [0, 0.05) is 19.2 Å². The lowest BCUT2D eigenvalue weighted by Crippen LogP contribution is -2.31. The van der Waals surface area contributed by atoms with E-state index in [9.17, 15) is 4.79 Å². The molecule has 1 aromatic heterocycles. The van der Waals surface area contributed by atoms with Gasteiger partial charge in [-0.05, 0) is 38.8 Å². The summed E-state index contributed by atoms with van der Waals surface area (Å²) in [5.41, 5.74) is 0.359. The van der Waals surface area contributed by atoms with Crippen LogP contribution < -0.4 is 5.32 Å². The van der Waals surface area contributed by atoms with E-state index < -0.39 is 0 Å². The van der Waals surface area contributed by atoms with Gasteiger partial charge < -0.3 is 14.6 Å². The van der Waals surface area contributed by atoms with Gasteiger partial charge in [0.15, 0.2) is 11.5 Å². The van der Waals surface area contributed by atoms with Gasteiger partial charge in [-0.3, -0.25) is 9.69 Å². The van der Waals surface area contributed by atoms with Crippen LogP contribution in [0.1, 0.15) is 41.9 Å². The van der Waals surface area contributed by atoms with Crippen molar-refractivity contribution in [2.45, 2.75) is 38.3 Å². The van der Waals surface area contributed by atoms with E-state index in [4.69, 9.17) is 9.26 Å². The molecule has 1 aromatic rings. The number of aromatic nitrogens is 1. The number of hydrogen-bond donors (Lipinski definition) is 1. The van der Waals surface area contributed by atoms with Crippen LogP contribution in [0.5, 0.6) is 0 Å². The van der Waals surface area contributed by atoms with E-state index in [0.29, 0.717) is 12.2 Å². The number of hydrogen-bond acceptors (Lipinski definition) is 5. The Bertz CT molecular complexity index is 448. The second-order valence-electron chi connectivity index (χ2n) is 5.51. The summed E-state index contributed by atoms with van der Waals surface area (Å²) < 4.78 is 10.7.